The van der Waals surface area contributed by atoms with Crippen LogP contribution in [-0.4, -0.2) is 52.6 Å². The molecule has 174 valence electrons. The molecule has 1 heterocycles. The van der Waals surface area contributed by atoms with Crippen LogP contribution in [0.1, 0.15) is 37.8 Å². The number of allylic oxidation sites excluding steroid dienone is 1. The zero-order valence-electron chi connectivity index (χ0n) is 18.8. The van der Waals surface area contributed by atoms with Crippen LogP contribution in [0.3, 0.4) is 0 Å². The number of aliphatic hydroxyl groups is 1. The second-order valence-electron chi connectivity index (χ2n) is 8.44. The molecular formula is C25H27F2N3O3. The number of rotatable bonds is 7. The molecule has 8 heteroatoms. The summed E-state index contributed by atoms with van der Waals surface area (Å²) in [4.78, 5) is 25.9. The quantitative estimate of drug-likeness (QED) is 0.293. The number of nitrogens with zero attached hydrogens (tertiary/aromatic N) is 3. The van der Waals surface area contributed by atoms with Gasteiger partial charge in [0.25, 0.3) is 5.91 Å². The molecule has 1 N–H and O–H groups in total. The number of amides is 1. The highest BCUT2D eigenvalue weighted by Gasteiger charge is 2.42. The number of benzene rings is 2. The minimum atomic E-state index is -0.654. The first-order chi connectivity index (χ1) is 15.7. The van der Waals surface area contributed by atoms with E-state index in [-0.39, 0.29) is 23.9 Å². The van der Waals surface area contributed by atoms with Crippen molar-refractivity contribution in [2.75, 3.05) is 13.1 Å². The summed E-state index contributed by atoms with van der Waals surface area (Å²) in [6.45, 7) is 5.88. The molecule has 2 aromatic carbocycles. The van der Waals surface area contributed by atoms with E-state index in [0.717, 1.165) is 6.21 Å². The average Bonchev–Trinajstić information content (AvgIpc) is 2.74. The lowest BCUT2D eigenvalue weighted by Crippen LogP contribution is -2.56. The monoisotopic (exact) mass is 455 g/mol. The number of hydrogen-bond donors (Lipinski definition) is 1. The van der Waals surface area contributed by atoms with E-state index < -0.39 is 29.5 Å². The maximum atomic E-state index is 14.2. The third-order valence-corrected chi connectivity index (χ3v) is 5.42. The Morgan fingerprint density at radius 3 is 2.18 bits per heavy atom. The standard InChI is InChI=1S/C25H27F2N3O3/c1-16(2)14-29-15-22(30(28-10-11-31)24(17(3)32)25(29)33)23(18-6-4-8-20(26)12-18)19-7-5-9-21(27)13-19/h4-13,16,22-23,32H,14-15H2,1-3H3/b24-17+,28-10-. The zero-order chi connectivity index (χ0) is 24.1. The third kappa shape index (κ3) is 5.45. The van der Waals surface area contributed by atoms with Gasteiger partial charge in [0.2, 0.25) is 0 Å². The summed E-state index contributed by atoms with van der Waals surface area (Å²) in [5.41, 5.74) is 1.01. The second-order valence-corrected chi connectivity index (χ2v) is 8.44. The summed E-state index contributed by atoms with van der Waals surface area (Å²) in [7, 11) is 0. The Morgan fingerprint density at radius 1 is 1.15 bits per heavy atom. The molecule has 0 spiro atoms. The van der Waals surface area contributed by atoms with Gasteiger partial charge in [-0.05, 0) is 48.2 Å². The molecule has 0 saturated carbocycles. The molecule has 0 radical (unpaired) electrons. The van der Waals surface area contributed by atoms with Gasteiger partial charge in [-0.3, -0.25) is 14.6 Å². The van der Waals surface area contributed by atoms with Crippen LogP contribution in [0.5, 0.6) is 0 Å². The molecule has 1 aliphatic rings. The smallest absolute Gasteiger partial charge is 0.275 e. The van der Waals surface area contributed by atoms with Gasteiger partial charge in [-0.25, -0.2) is 8.78 Å². The van der Waals surface area contributed by atoms with E-state index >= 15 is 0 Å². The molecule has 1 amide bonds. The molecule has 0 aliphatic carbocycles. The van der Waals surface area contributed by atoms with Gasteiger partial charge in [0.05, 0.1) is 12.3 Å². The number of halogens is 2. The Labute approximate surface area is 191 Å². The molecule has 0 aromatic heterocycles. The molecule has 33 heavy (non-hydrogen) atoms. The molecular weight excluding hydrogens is 428 g/mol. The van der Waals surface area contributed by atoms with Crippen LogP contribution in [0.2, 0.25) is 0 Å². The van der Waals surface area contributed by atoms with Gasteiger partial charge in [-0.1, -0.05) is 38.1 Å². The van der Waals surface area contributed by atoms with Crippen LogP contribution in [0.25, 0.3) is 0 Å². The van der Waals surface area contributed by atoms with Gasteiger partial charge in [0, 0.05) is 19.0 Å². The predicted octanol–water partition coefficient (Wildman–Crippen LogP) is 4.24. The highest BCUT2D eigenvalue weighted by atomic mass is 19.1. The summed E-state index contributed by atoms with van der Waals surface area (Å²) in [6.07, 6.45) is 1.45. The predicted molar refractivity (Wildman–Crippen MR) is 122 cm³/mol. The number of aldehydes is 1. The van der Waals surface area contributed by atoms with E-state index in [1.54, 1.807) is 29.2 Å². The number of piperazine rings is 1. The lowest BCUT2D eigenvalue weighted by Gasteiger charge is -2.44. The fourth-order valence-electron chi connectivity index (χ4n) is 4.24. The summed E-state index contributed by atoms with van der Waals surface area (Å²) in [5.74, 6) is -2.10. The minimum absolute atomic E-state index is 0.0807. The summed E-state index contributed by atoms with van der Waals surface area (Å²) < 4.78 is 28.5. The lowest BCUT2D eigenvalue weighted by molar-refractivity contribution is -0.134. The molecule has 2 aromatic rings. The van der Waals surface area contributed by atoms with Crippen LogP contribution in [0.15, 0.2) is 65.1 Å². The summed E-state index contributed by atoms with van der Waals surface area (Å²) in [5, 5.41) is 15.9. The van der Waals surface area contributed by atoms with Crippen LogP contribution >= 0.6 is 0 Å². The van der Waals surface area contributed by atoms with Gasteiger partial charge in [0.15, 0.2) is 12.0 Å². The van der Waals surface area contributed by atoms with Crippen LogP contribution < -0.4 is 0 Å². The van der Waals surface area contributed by atoms with Crippen molar-refractivity contribution in [2.45, 2.75) is 32.7 Å². The van der Waals surface area contributed by atoms with E-state index in [1.165, 1.54) is 36.2 Å². The van der Waals surface area contributed by atoms with Crippen molar-refractivity contribution in [3.63, 3.8) is 0 Å². The van der Waals surface area contributed by atoms with Crippen LogP contribution in [0, 0.1) is 17.6 Å². The maximum Gasteiger partial charge on any atom is 0.275 e. The van der Waals surface area contributed by atoms with Crippen molar-refractivity contribution >= 4 is 18.4 Å². The van der Waals surface area contributed by atoms with Crippen molar-refractivity contribution in [2.24, 2.45) is 11.0 Å². The Balaban J connectivity index is 2.25. The van der Waals surface area contributed by atoms with Crippen molar-refractivity contribution in [1.29, 1.82) is 0 Å². The molecule has 1 unspecified atom stereocenters. The highest BCUT2D eigenvalue weighted by molar-refractivity contribution is 6.12. The SMILES string of the molecule is C/C(O)=C1/C(=O)N(CC(C)C)CC(C(c2cccc(F)c2)c2cccc(F)c2)N1/N=C\C=O. The fraction of sp³-hybridized carbons (Fsp3) is 0.320. The maximum absolute atomic E-state index is 14.2. The van der Waals surface area contributed by atoms with Gasteiger partial charge in [-0.2, -0.15) is 5.10 Å². The Kier molecular flexibility index (Phi) is 7.58. The largest absolute Gasteiger partial charge is 0.510 e. The van der Waals surface area contributed by atoms with Crippen molar-refractivity contribution in [1.82, 2.24) is 9.91 Å². The number of aliphatic hydroxyl groups excluding tert-OH is 1. The van der Waals surface area contributed by atoms with E-state index in [1.807, 2.05) is 13.8 Å². The van der Waals surface area contributed by atoms with Gasteiger partial charge in [-0.15, -0.1) is 0 Å². The summed E-state index contributed by atoms with van der Waals surface area (Å²) in [6, 6.07) is 11.2. The fourth-order valence-corrected chi connectivity index (χ4v) is 4.24. The normalized spacial score (nSPS) is 18.5. The van der Waals surface area contributed by atoms with Crippen molar-refractivity contribution < 1.29 is 23.5 Å². The number of carbonyl (C=O) groups excluding carboxylic acids is 2. The first kappa shape index (κ1) is 24.1. The topological polar surface area (TPSA) is 73.2 Å². The van der Waals surface area contributed by atoms with E-state index in [2.05, 4.69) is 5.10 Å². The third-order valence-electron chi connectivity index (χ3n) is 5.42. The number of hydrogen-bond acceptors (Lipinski definition) is 5. The molecule has 6 nitrogen and oxygen atoms in total. The van der Waals surface area contributed by atoms with E-state index in [4.69, 9.17) is 0 Å². The average molecular weight is 456 g/mol. The highest BCUT2D eigenvalue weighted by Crippen LogP contribution is 2.37. The minimum Gasteiger partial charge on any atom is -0.510 e. The lowest BCUT2D eigenvalue weighted by atomic mass is 9.83. The first-order valence-corrected chi connectivity index (χ1v) is 10.7. The molecule has 1 saturated heterocycles. The molecule has 0 bridgehead atoms. The Morgan fingerprint density at radius 2 is 1.73 bits per heavy atom. The summed E-state index contributed by atoms with van der Waals surface area (Å²) >= 11 is 0. The Bertz CT molecular complexity index is 1030. The molecule has 1 atom stereocenters. The van der Waals surface area contributed by atoms with Crippen molar-refractivity contribution in [3.05, 3.63) is 82.7 Å². The molecule has 3 rings (SSSR count). The zero-order valence-corrected chi connectivity index (χ0v) is 18.8. The van der Waals surface area contributed by atoms with Gasteiger partial charge in [0.1, 0.15) is 17.4 Å². The second kappa shape index (κ2) is 10.4. The first-order valence-electron chi connectivity index (χ1n) is 10.7. The van der Waals surface area contributed by atoms with Gasteiger partial charge < -0.3 is 10.0 Å². The number of carbonyl (C=O) groups is 2. The van der Waals surface area contributed by atoms with Crippen LogP contribution in [-0.2, 0) is 9.59 Å². The number of hydrazone groups is 1. The molecule has 1 fully saturated rings. The van der Waals surface area contributed by atoms with E-state index in [0.29, 0.717) is 24.0 Å². The Hall–Kier alpha value is -3.55. The van der Waals surface area contributed by atoms with Crippen molar-refractivity contribution in [3.8, 4) is 0 Å². The van der Waals surface area contributed by atoms with Crippen LogP contribution in [0.4, 0.5) is 8.78 Å². The molecule has 1 aliphatic heterocycles. The van der Waals surface area contributed by atoms with E-state index in [9.17, 15) is 23.5 Å². The van der Waals surface area contributed by atoms with Gasteiger partial charge >= 0.3 is 0 Å².